The maximum Gasteiger partial charge on any atom is 0.414 e. The third-order valence-corrected chi connectivity index (χ3v) is 4.82. The van der Waals surface area contributed by atoms with Gasteiger partial charge in [0.05, 0.1) is 5.69 Å². The summed E-state index contributed by atoms with van der Waals surface area (Å²) in [5.41, 5.74) is 1.91. The summed E-state index contributed by atoms with van der Waals surface area (Å²) in [6, 6.07) is 6.12. The maximum atomic E-state index is 12.4. The Labute approximate surface area is 162 Å². The summed E-state index contributed by atoms with van der Waals surface area (Å²) in [4.78, 5) is 15.1. The predicted molar refractivity (Wildman–Crippen MR) is 110 cm³/mol. The summed E-state index contributed by atoms with van der Waals surface area (Å²) >= 11 is 0. The van der Waals surface area contributed by atoms with Crippen LogP contribution in [0.1, 0.15) is 73.3 Å². The van der Waals surface area contributed by atoms with Gasteiger partial charge in [-0.15, -0.1) is 0 Å². The van der Waals surface area contributed by atoms with Crippen molar-refractivity contribution >= 4 is 33.4 Å². The van der Waals surface area contributed by atoms with Gasteiger partial charge in [-0.2, -0.15) is 0 Å². The van der Waals surface area contributed by atoms with Crippen LogP contribution in [0.4, 0.5) is 10.5 Å². The summed E-state index contributed by atoms with van der Waals surface area (Å²) < 4.78 is 5.52. The number of hydrogen-bond donors (Lipinski definition) is 0. The maximum absolute atomic E-state index is 12.4. The molecule has 1 fully saturated rings. The molecule has 3 nitrogen and oxygen atoms in total. The summed E-state index contributed by atoms with van der Waals surface area (Å²) in [5.74, 6) is 0. The highest BCUT2D eigenvalue weighted by Gasteiger charge is 2.53. The standard InChI is InChI=1S/C15H18ClNO2S.C3H8.C2H6/c1-14(2,3)19-13(18)17-9-15(6-7-15)11-5-4-10(20-16)8-12(11)17;1-3-2;1-2/h4-5,8H,6-7,9H2,1-3H3;3H2,1-2H3;1-2H3. The molecule has 1 heterocycles. The molecule has 2 aliphatic rings. The van der Waals surface area contributed by atoms with E-state index in [1.807, 2.05) is 46.8 Å². The van der Waals surface area contributed by atoms with Crippen molar-refractivity contribution < 1.29 is 9.53 Å². The van der Waals surface area contributed by atoms with Crippen LogP contribution in [0.2, 0.25) is 0 Å². The molecule has 1 aromatic carbocycles. The molecule has 1 amide bonds. The third kappa shape index (κ3) is 5.55. The number of fused-ring (bicyclic) bond motifs is 2. The number of benzene rings is 1. The molecule has 1 aliphatic carbocycles. The number of rotatable bonds is 1. The van der Waals surface area contributed by atoms with Gasteiger partial charge in [0.25, 0.3) is 0 Å². The first-order valence-electron chi connectivity index (χ1n) is 9.20. The zero-order valence-electron chi connectivity index (χ0n) is 16.6. The van der Waals surface area contributed by atoms with Gasteiger partial charge in [0.15, 0.2) is 0 Å². The fraction of sp³-hybridized carbons (Fsp3) is 0.650. The topological polar surface area (TPSA) is 29.5 Å². The van der Waals surface area contributed by atoms with Gasteiger partial charge in [0.2, 0.25) is 0 Å². The molecule has 1 saturated carbocycles. The highest BCUT2D eigenvalue weighted by Crippen LogP contribution is 2.57. The quantitative estimate of drug-likeness (QED) is 0.513. The van der Waals surface area contributed by atoms with Crippen molar-refractivity contribution in [2.45, 2.75) is 83.6 Å². The number of carbonyl (C=O) groups excluding carboxylic acids is 1. The number of halogens is 1. The van der Waals surface area contributed by atoms with Crippen LogP contribution in [0.25, 0.3) is 0 Å². The van der Waals surface area contributed by atoms with E-state index in [-0.39, 0.29) is 11.5 Å². The highest BCUT2D eigenvalue weighted by molar-refractivity contribution is 8.21. The molecule has 1 spiro atoms. The Morgan fingerprint density at radius 2 is 1.84 bits per heavy atom. The van der Waals surface area contributed by atoms with Crippen molar-refractivity contribution in [3.05, 3.63) is 23.8 Å². The van der Waals surface area contributed by atoms with Crippen LogP contribution in [-0.2, 0) is 10.2 Å². The van der Waals surface area contributed by atoms with E-state index in [1.54, 1.807) is 4.90 Å². The van der Waals surface area contributed by atoms with Crippen molar-refractivity contribution in [2.75, 3.05) is 11.4 Å². The summed E-state index contributed by atoms with van der Waals surface area (Å²) in [5, 5.41) is 0. The number of ether oxygens (including phenoxy) is 1. The summed E-state index contributed by atoms with van der Waals surface area (Å²) in [6.45, 7) is 14.6. The van der Waals surface area contributed by atoms with E-state index < -0.39 is 5.60 Å². The van der Waals surface area contributed by atoms with Crippen LogP contribution in [0.3, 0.4) is 0 Å². The average Bonchev–Trinajstić information content (AvgIpc) is 3.26. The van der Waals surface area contributed by atoms with Gasteiger partial charge in [-0.05, 0) is 73.0 Å². The van der Waals surface area contributed by atoms with Crippen molar-refractivity contribution in [2.24, 2.45) is 0 Å². The Bertz CT molecular complexity index is 580. The Balaban J connectivity index is 0.000000567. The summed E-state index contributed by atoms with van der Waals surface area (Å²) in [7, 11) is 7.01. The van der Waals surface area contributed by atoms with Crippen molar-refractivity contribution in [1.29, 1.82) is 0 Å². The van der Waals surface area contributed by atoms with Crippen molar-refractivity contribution in [1.82, 2.24) is 0 Å². The van der Waals surface area contributed by atoms with Gasteiger partial charge in [-0.3, -0.25) is 4.90 Å². The Kier molecular flexibility index (Phi) is 8.14. The van der Waals surface area contributed by atoms with Gasteiger partial charge >= 0.3 is 6.09 Å². The SMILES string of the molecule is CC.CC(C)(C)OC(=O)N1CC2(CC2)c2ccc(SCl)cc21.CCC. The van der Waals surface area contributed by atoms with E-state index >= 15 is 0 Å². The van der Waals surface area contributed by atoms with Gasteiger partial charge < -0.3 is 4.74 Å². The van der Waals surface area contributed by atoms with E-state index in [4.69, 9.17) is 15.4 Å². The number of hydrogen-bond acceptors (Lipinski definition) is 3. The highest BCUT2D eigenvalue weighted by atomic mass is 35.7. The molecule has 0 atom stereocenters. The smallest absolute Gasteiger partial charge is 0.414 e. The molecule has 25 heavy (non-hydrogen) atoms. The van der Waals surface area contributed by atoms with Crippen molar-refractivity contribution in [3.63, 3.8) is 0 Å². The number of carbonyl (C=O) groups is 1. The average molecular weight is 386 g/mol. The molecule has 0 saturated heterocycles. The molecular weight excluding hydrogens is 354 g/mol. The van der Waals surface area contributed by atoms with E-state index in [1.165, 1.54) is 23.0 Å². The Hall–Kier alpha value is -0.870. The monoisotopic (exact) mass is 385 g/mol. The van der Waals surface area contributed by atoms with Crippen molar-refractivity contribution in [3.8, 4) is 0 Å². The van der Waals surface area contributed by atoms with Gasteiger partial charge in [-0.25, -0.2) is 4.79 Å². The number of anilines is 1. The van der Waals surface area contributed by atoms with E-state index in [0.29, 0.717) is 0 Å². The Morgan fingerprint density at radius 1 is 1.28 bits per heavy atom. The largest absolute Gasteiger partial charge is 0.443 e. The molecule has 5 heteroatoms. The van der Waals surface area contributed by atoms with Gasteiger partial charge in [0.1, 0.15) is 5.60 Å². The minimum Gasteiger partial charge on any atom is -0.443 e. The summed E-state index contributed by atoms with van der Waals surface area (Å²) in [6.07, 6.45) is 3.28. The van der Waals surface area contributed by atoms with Crippen LogP contribution in [0, 0.1) is 0 Å². The van der Waals surface area contributed by atoms with Gasteiger partial charge in [-0.1, -0.05) is 40.2 Å². The van der Waals surface area contributed by atoms with Crippen LogP contribution in [0.15, 0.2) is 23.1 Å². The lowest BCUT2D eigenvalue weighted by Crippen LogP contribution is -2.37. The lowest BCUT2D eigenvalue weighted by Gasteiger charge is -2.25. The third-order valence-electron chi connectivity index (χ3n) is 3.85. The zero-order chi connectivity index (χ0) is 19.3. The molecule has 3 rings (SSSR count). The molecule has 142 valence electrons. The lowest BCUT2D eigenvalue weighted by atomic mass is 9.99. The second-order valence-corrected chi connectivity index (χ2v) is 8.40. The number of nitrogens with zero attached hydrogens (tertiary/aromatic N) is 1. The van der Waals surface area contributed by atoms with Crippen LogP contribution in [0.5, 0.6) is 0 Å². The molecule has 0 N–H and O–H groups in total. The minimum atomic E-state index is -0.477. The number of amides is 1. The molecule has 0 radical (unpaired) electrons. The van der Waals surface area contributed by atoms with Crippen LogP contribution in [-0.4, -0.2) is 18.2 Å². The fourth-order valence-electron chi connectivity index (χ4n) is 2.76. The van der Waals surface area contributed by atoms with Crippen LogP contribution < -0.4 is 4.90 Å². The predicted octanol–water partition coefficient (Wildman–Crippen LogP) is 7.16. The molecule has 0 unspecified atom stereocenters. The molecule has 1 aromatic rings. The van der Waals surface area contributed by atoms with E-state index in [9.17, 15) is 4.79 Å². The first-order valence-corrected chi connectivity index (χ1v) is 10.8. The van der Waals surface area contributed by atoms with E-state index in [0.717, 1.165) is 30.0 Å². The van der Waals surface area contributed by atoms with E-state index in [2.05, 4.69) is 19.9 Å². The minimum absolute atomic E-state index is 0.168. The lowest BCUT2D eigenvalue weighted by molar-refractivity contribution is 0.0581. The second kappa shape index (κ2) is 9.18. The fourth-order valence-corrected chi connectivity index (χ4v) is 3.33. The molecule has 0 aromatic heterocycles. The first-order chi connectivity index (χ1) is 11.8. The first kappa shape index (κ1) is 22.2. The molecular formula is C20H32ClNO2S. The normalized spacial score (nSPS) is 16.2. The second-order valence-electron chi connectivity index (χ2n) is 7.31. The Morgan fingerprint density at radius 3 is 2.28 bits per heavy atom. The molecule has 1 aliphatic heterocycles. The molecule has 0 bridgehead atoms. The van der Waals surface area contributed by atoms with Gasteiger partial charge in [0, 0.05) is 16.9 Å². The zero-order valence-corrected chi connectivity index (χ0v) is 18.2. The van der Waals surface area contributed by atoms with Crippen LogP contribution >= 0.6 is 21.7 Å².